The van der Waals surface area contributed by atoms with Crippen molar-refractivity contribution in [2.75, 3.05) is 5.32 Å². The van der Waals surface area contributed by atoms with E-state index in [-0.39, 0.29) is 11.9 Å². The van der Waals surface area contributed by atoms with Gasteiger partial charge in [-0.3, -0.25) is 4.79 Å². The Kier molecular flexibility index (Phi) is 6.22. The Bertz CT molecular complexity index is 767. The molecule has 24 heavy (non-hydrogen) atoms. The molecule has 0 fully saturated rings. The number of carbonyl (C=O) groups is 1. The second-order valence-corrected chi connectivity index (χ2v) is 6.05. The normalized spacial score (nSPS) is 11.4. The van der Waals surface area contributed by atoms with Gasteiger partial charge in [0.05, 0.1) is 10.6 Å². The summed E-state index contributed by atoms with van der Waals surface area (Å²) in [4.78, 5) is 12.2. The van der Waals surface area contributed by atoms with Gasteiger partial charge in [0.25, 0.3) is 5.91 Å². The van der Waals surface area contributed by atoms with Crippen LogP contribution >= 0.6 is 11.6 Å². The van der Waals surface area contributed by atoms with Crippen molar-refractivity contribution in [3.63, 3.8) is 0 Å². The average molecular weight is 342 g/mol. The molecule has 0 aliphatic heterocycles. The van der Waals surface area contributed by atoms with Gasteiger partial charge in [0.2, 0.25) is 0 Å². The molecule has 0 radical (unpaired) electrons. The zero-order chi connectivity index (χ0) is 17.5. The highest BCUT2D eigenvalue weighted by Crippen LogP contribution is 2.20. The number of hydrogen-bond acceptors (Lipinski definition) is 3. The van der Waals surface area contributed by atoms with Crippen molar-refractivity contribution in [1.29, 1.82) is 5.26 Å². The van der Waals surface area contributed by atoms with Crippen LogP contribution in [0.1, 0.15) is 41.8 Å². The lowest BCUT2D eigenvalue weighted by Crippen LogP contribution is -2.31. The molecule has 0 aromatic heterocycles. The Labute approximate surface area is 147 Å². The number of nitrogens with one attached hydrogen (secondary N) is 2. The molecule has 124 valence electrons. The third-order valence-corrected chi connectivity index (χ3v) is 4.08. The number of anilines is 1. The van der Waals surface area contributed by atoms with Gasteiger partial charge in [0, 0.05) is 23.8 Å². The fourth-order valence-corrected chi connectivity index (χ4v) is 2.37. The molecule has 0 aliphatic rings. The van der Waals surface area contributed by atoms with Gasteiger partial charge in [-0.25, -0.2) is 0 Å². The second kappa shape index (κ2) is 8.37. The number of rotatable bonds is 6. The Morgan fingerprint density at radius 2 is 2.08 bits per heavy atom. The number of halogens is 1. The molecule has 1 unspecified atom stereocenters. The van der Waals surface area contributed by atoms with Crippen molar-refractivity contribution in [3.8, 4) is 6.07 Å². The van der Waals surface area contributed by atoms with Crippen LogP contribution in [0.5, 0.6) is 0 Å². The molecule has 1 atom stereocenters. The fourth-order valence-electron chi connectivity index (χ4n) is 2.15. The summed E-state index contributed by atoms with van der Waals surface area (Å²) in [7, 11) is 0. The Morgan fingerprint density at radius 1 is 1.29 bits per heavy atom. The van der Waals surface area contributed by atoms with E-state index in [0.29, 0.717) is 22.7 Å². The second-order valence-electron chi connectivity index (χ2n) is 5.64. The maximum Gasteiger partial charge on any atom is 0.251 e. The minimum absolute atomic E-state index is 0.0624. The molecular formula is C19H20ClN3O. The third-order valence-electron chi connectivity index (χ3n) is 3.77. The molecule has 2 aromatic rings. The maximum atomic E-state index is 12.2. The average Bonchev–Trinajstić information content (AvgIpc) is 2.60. The summed E-state index contributed by atoms with van der Waals surface area (Å²) in [5.41, 5.74) is 2.92. The first-order chi connectivity index (χ1) is 11.5. The van der Waals surface area contributed by atoms with Gasteiger partial charge < -0.3 is 10.6 Å². The zero-order valence-corrected chi connectivity index (χ0v) is 14.5. The third kappa shape index (κ3) is 4.74. The molecule has 4 nitrogen and oxygen atoms in total. The summed E-state index contributed by atoms with van der Waals surface area (Å²) >= 11 is 6.02. The van der Waals surface area contributed by atoms with E-state index < -0.39 is 0 Å². The predicted molar refractivity (Wildman–Crippen MR) is 97.2 cm³/mol. The molecule has 0 heterocycles. The van der Waals surface area contributed by atoms with Gasteiger partial charge in [-0.2, -0.15) is 5.26 Å². The van der Waals surface area contributed by atoms with Gasteiger partial charge in [-0.05, 0) is 49.2 Å². The van der Waals surface area contributed by atoms with Crippen LogP contribution in [0.15, 0.2) is 42.5 Å². The van der Waals surface area contributed by atoms with Crippen LogP contribution < -0.4 is 10.6 Å². The molecular weight excluding hydrogens is 322 g/mol. The minimum atomic E-state index is -0.0624. The van der Waals surface area contributed by atoms with Crippen LogP contribution in [0, 0.1) is 11.3 Å². The van der Waals surface area contributed by atoms with E-state index in [0.717, 1.165) is 17.7 Å². The number of amides is 1. The van der Waals surface area contributed by atoms with Crippen molar-refractivity contribution in [3.05, 3.63) is 64.2 Å². The van der Waals surface area contributed by atoms with Crippen LogP contribution in [-0.4, -0.2) is 11.9 Å². The van der Waals surface area contributed by atoms with E-state index in [1.54, 1.807) is 18.2 Å². The van der Waals surface area contributed by atoms with E-state index in [4.69, 9.17) is 16.9 Å². The highest BCUT2D eigenvalue weighted by molar-refractivity contribution is 6.32. The maximum absolute atomic E-state index is 12.2. The first-order valence-corrected chi connectivity index (χ1v) is 8.24. The lowest BCUT2D eigenvalue weighted by atomic mass is 10.1. The molecule has 2 aromatic carbocycles. The highest BCUT2D eigenvalue weighted by atomic mass is 35.5. The largest absolute Gasteiger partial charge is 0.381 e. The van der Waals surface area contributed by atoms with Gasteiger partial charge in [-0.15, -0.1) is 0 Å². The number of hydrogen-bond donors (Lipinski definition) is 2. The Morgan fingerprint density at radius 3 is 2.75 bits per heavy atom. The summed E-state index contributed by atoms with van der Waals surface area (Å²) in [6.07, 6.45) is 0.895. The molecule has 0 aliphatic carbocycles. The molecule has 0 saturated heterocycles. The van der Waals surface area contributed by atoms with E-state index in [2.05, 4.69) is 10.6 Å². The van der Waals surface area contributed by atoms with Crippen LogP contribution in [0.3, 0.4) is 0 Å². The van der Waals surface area contributed by atoms with Crippen LogP contribution in [0.2, 0.25) is 5.02 Å². The molecule has 0 saturated carbocycles. The van der Waals surface area contributed by atoms with E-state index in [9.17, 15) is 4.79 Å². The lowest BCUT2D eigenvalue weighted by molar-refractivity contribution is 0.0939. The van der Waals surface area contributed by atoms with Crippen molar-refractivity contribution in [2.45, 2.75) is 32.9 Å². The SMILES string of the molecule is CCC(C)NC(=O)c1cccc(CNc2ccc(C#N)c(Cl)c2)c1. The van der Waals surface area contributed by atoms with Crippen LogP contribution in [0.4, 0.5) is 5.69 Å². The predicted octanol–water partition coefficient (Wildman–Crippen LogP) is 4.35. The molecule has 0 spiro atoms. The molecule has 1 amide bonds. The van der Waals surface area contributed by atoms with E-state index >= 15 is 0 Å². The minimum Gasteiger partial charge on any atom is -0.381 e. The molecule has 2 rings (SSSR count). The van der Waals surface area contributed by atoms with Gasteiger partial charge in [-0.1, -0.05) is 30.7 Å². The van der Waals surface area contributed by atoms with Crippen molar-refractivity contribution >= 4 is 23.2 Å². The number of nitriles is 1. The van der Waals surface area contributed by atoms with E-state index in [1.807, 2.05) is 44.2 Å². The lowest BCUT2D eigenvalue weighted by Gasteiger charge is -2.12. The standard InChI is InChI=1S/C19H20ClN3O/c1-3-13(2)23-19(24)15-6-4-5-14(9-15)12-22-17-8-7-16(11-21)18(20)10-17/h4-10,13,22H,3,12H2,1-2H3,(H,23,24). The summed E-state index contributed by atoms with van der Waals surface area (Å²) in [5, 5.41) is 15.5. The van der Waals surface area contributed by atoms with Crippen molar-refractivity contribution in [1.82, 2.24) is 5.32 Å². The van der Waals surface area contributed by atoms with Crippen molar-refractivity contribution in [2.24, 2.45) is 0 Å². The smallest absolute Gasteiger partial charge is 0.251 e. The van der Waals surface area contributed by atoms with Crippen LogP contribution in [-0.2, 0) is 6.54 Å². The van der Waals surface area contributed by atoms with Gasteiger partial charge in [0.15, 0.2) is 0 Å². The molecule has 0 bridgehead atoms. The first-order valence-electron chi connectivity index (χ1n) is 7.86. The Balaban J connectivity index is 2.03. The molecule has 2 N–H and O–H groups in total. The Hall–Kier alpha value is -2.51. The number of nitrogens with zero attached hydrogens (tertiary/aromatic N) is 1. The number of carbonyl (C=O) groups excluding carboxylic acids is 1. The van der Waals surface area contributed by atoms with Crippen LogP contribution in [0.25, 0.3) is 0 Å². The summed E-state index contributed by atoms with van der Waals surface area (Å²) in [6, 6.07) is 14.9. The highest BCUT2D eigenvalue weighted by Gasteiger charge is 2.09. The first kappa shape index (κ1) is 17.8. The van der Waals surface area contributed by atoms with E-state index in [1.165, 1.54) is 0 Å². The quantitative estimate of drug-likeness (QED) is 0.820. The monoisotopic (exact) mass is 341 g/mol. The van der Waals surface area contributed by atoms with Crippen molar-refractivity contribution < 1.29 is 4.79 Å². The topological polar surface area (TPSA) is 64.9 Å². The van der Waals surface area contributed by atoms with Gasteiger partial charge in [0.1, 0.15) is 6.07 Å². The summed E-state index contributed by atoms with van der Waals surface area (Å²) in [5.74, 6) is -0.0624. The summed E-state index contributed by atoms with van der Waals surface area (Å²) < 4.78 is 0. The fraction of sp³-hybridized carbons (Fsp3) is 0.263. The summed E-state index contributed by atoms with van der Waals surface area (Å²) in [6.45, 7) is 4.58. The zero-order valence-electron chi connectivity index (χ0n) is 13.8. The van der Waals surface area contributed by atoms with Gasteiger partial charge >= 0.3 is 0 Å². The molecule has 5 heteroatoms. The number of benzene rings is 2.